The van der Waals surface area contributed by atoms with Crippen molar-refractivity contribution in [3.63, 3.8) is 0 Å². The fraction of sp³-hybridized carbons (Fsp3) is 0.321. The number of rotatable bonds is 11. The molecule has 6 heteroatoms. The van der Waals surface area contributed by atoms with Gasteiger partial charge in [-0.1, -0.05) is 48.5 Å². The fourth-order valence-corrected chi connectivity index (χ4v) is 4.35. The van der Waals surface area contributed by atoms with Crippen LogP contribution in [0.5, 0.6) is 0 Å². The van der Waals surface area contributed by atoms with Crippen molar-refractivity contribution in [1.29, 1.82) is 0 Å². The molecule has 1 aliphatic heterocycles. The minimum atomic E-state index is -0.155. The van der Waals surface area contributed by atoms with E-state index in [1.165, 1.54) is 0 Å². The summed E-state index contributed by atoms with van der Waals surface area (Å²) in [5, 5.41) is 3.53. The quantitative estimate of drug-likeness (QED) is 0.389. The Morgan fingerprint density at radius 3 is 2.15 bits per heavy atom. The topological polar surface area (TPSA) is 56.8 Å². The zero-order chi connectivity index (χ0) is 23.4. The third kappa shape index (κ3) is 7.25. The Hall–Kier alpha value is -2.49. The van der Waals surface area contributed by atoms with Gasteiger partial charge in [0.1, 0.15) is 0 Å². The molecule has 0 amide bonds. The number of ether oxygens (including phenoxy) is 3. The Balaban J connectivity index is 1.40. The third-order valence-electron chi connectivity index (χ3n) is 5.94. The Bertz CT molecular complexity index is 1120. The first-order chi connectivity index (χ1) is 16.8. The van der Waals surface area contributed by atoms with E-state index in [1.54, 1.807) is 0 Å². The summed E-state index contributed by atoms with van der Waals surface area (Å²) in [4.78, 5) is 0. The van der Waals surface area contributed by atoms with Crippen molar-refractivity contribution in [3.8, 4) is 5.63 Å². The van der Waals surface area contributed by atoms with Crippen molar-refractivity contribution >= 4 is 7.92 Å². The zero-order valence-corrected chi connectivity index (χ0v) is 20.0. The molecule has 1 fully saturated rings. The van der Waals surface area contributed by atoms with Gasteiger partial charge in [-0.15, -0.1) is 0 Å². The van der Waals surface area contributed by atoms with Crippen LogP contribution < -0.4 is 5.32 Å². The van der Waals surface area contributed by atoms with Gasteiger partial charge in [0.2, 0.25) is 0 Å². The van der Waals surface area contributed by atoms with Crippen molar-refractivity contribution in [1.82, 2.24) is 5.32 Å². The molecule has 3 atom stereocenters. The van der Waals surface area contributed by atoms with E-state index in [4.69, 9.17) is 14.2 Å². The maximum absolute atomic E-state index is 10.9. The smallest absolute Gasteiger partial charge is 0.0622 e. The second kappa shape index (κ2) is 13.4. The van der Waals surface area contributed by atoms with E-state index < -0.39 is 0 Å². The second-order valence-electron chi connectivity index (χ2n) is 8.32. The second-order valence-corrected chi connectivity index (χ2v) is 8.82. The summed E-state index contributed by atoms with van der Waals surface area (Å²) >= 11 is 0. The van der Waals surface area contributed by atoms with Gasteiger partial charge in [0.15, 0.2) is 0 Å². The monoisotopic (exact) mass is 475 g/mol. The van der Waals surface area contributed by atoms with Crippen LogP contribution in [0, 0.1) is 5.63 Å². The van der Waals surface area contributed by atoms with E-state index in [9.17, 15) is 4.57 Å². The molecule has 34 heavy (non-hydrogen) atoms. The SMILES string of the molecule is O=P#CCc1ccccc1CO[C@@H]1[C@@H](COCc2ccccc2)NC[C@H]1OCc1ccccc1. The molecule has 5 nitrogen and oxygen atoms in total. The Morgan fingerprint density at radius 1 is 0.794 bits per heavy atom. The molecule has 1 N–H and O–H groups in total. The van der Waals surface area contributed by atoms with Gasteiger partial charge in [0.25, 0.3) is 0 Å². The molecule has 0 radical (unpaired) electrons. The van der Waals surface area contributed by atoms with Crippen molar-refractivity contribution in [2.75, 3.05) is 13.2 Å². The molecule has 3 aromatic carbocycles. The predicted octanol–water partition coefficient (Wildman–Crippen LogP) is 5.14. The van der Waals surface area contributed by atoms with Gasteiger partial charge < -0.3 is 0 Å². The van der Waals surface area contributed by atoms with E-state index in [2.05, 4.69) is 35.2 Å². The first kappa shape index (κ1) is 24.6. The van der Waals surface area contributed by atoms with Crippen LogP contribution in [0.25, 0.3) is 0 Å². The fourth-order valence-electron chi connectivity index (χ4n) is 4.12. The van der Waals surface area contributed by atoms with Gasteiger partial charge in [0.05, 0.1) is 0 Å². The van der Waals surface area contributed by atoms with Gasteiger partial charge in [-0.05, 0) is 0 Å². The van der Waals surface area contributed by atoms with Gasteiger partial charge in [-0.25, -0.2) is 0 Å². The molecule has 1 saturated heterocycles. The third-order valence-corrected chi connectivity index (χ3v) is 6.23. The molecular formula is C28H30NO4P. The van der Waals surface area contributed by atoms with Crippen molar-refractivity contribution < 1.29 is 18.8 Å². The summed E-state index contributed by atoms with van der Waals surface area (Å²) in [6.45, 7) is 2.77. The van der Waals surface area contributed by atoms with Crippen LogP contribution in [0.4, 0.5) is 0 Å². The predicted molar refractivity (Wildman–Crippen MR) is 133 cm³/mol. The first-order valence-corrected chi connectivity index (χ1v) is 12.4. The number of hydrogen-bond acceptors (Lipinski definition) is 5. The molecule has 0 aromatic heterocycles. The maximum atomic E-state index is 10.9. The van der Waals surface area contributed by atoms with E-state index in [0.29, 0.717) is 39.4 Å². The average Bonchev–Trinajstić information content (AvgIpc) is 3.28. The number of hydrogen-bond donors (Lipinski definition) is 1. The molecule has 0 aliphatic carbocycles. The Kier molecular flexibility index (Phi) is 9.71. The molecule has 4 rings (SSSR count). The molecule has 3 aromatic rings. The Morgan fingerprint density at radius 2 is 1.44 bits per heavy atom. The average molecular weight is 476 g/mol. The Labute approximate surface area is 202 Å². The van der Waals surface area contributed by atoms with E-state index >= 15 is 0 Å². The summed E-state index contributed by atoms with van der Waals surface area (Å²) in [7, 11) is -0.0805. The normalized spacial score (nSPS) is 19.6. The summed E-state index contributed by atoms with van der Waals surface area (Å²) in [6.07, 6.45) is 0.277. The van der Waals surface area contributed by atoms with Crippen molar-refractivity contribution in [3.05, 3.63) is 107 Å². The van der Waals surface area contributed by atoms with Gasteiger partial charge in [0, 0.05) is 0 Å². The van der Waals surface area contributed by atoms with Crippen LogP contribution in [-0.4, -0.2) is 31.4 Å². The van der Waals surface area contributed by atoms with Crippen LogP contribution in [0.3, 0.4) is 0 Å². The van der Waals surface area contributed by atoms with Crippen LogP contribution in [0.1, 0.15) is 22.3 Å². The van der Waals surface area contributed by atoms with E-state index in [1.807, 2.05) is 60.7 Å². The molecule has 1 aliphatic rings. The number of nitrogens with one attached hydrogen (secondary N) is 1. The zero-order valence-electron chi connectivity index (χ0n) is 19.1. The van der Waals surface area contributed by atoms with Crippen LogP contribution in [0.15, 0.2) is 84.9 Å². The van der Waals surface area contributed by atoms with Crippen LogP contribution in [0.2, 0.25) is 0 Å². The van der Waals surface area contributed by atoms with Crippen molar-refractivity contribution in [2.45, 2.75) is 44.5 Å². The van der Waals surface area contributed by atoms with E-state index in [-0.39, 0.29) is 26.2 Å². The summed E-state index contributed by atoms with van der Waals surface area (Å²) < 4.78 is 29.6. The van der Waals surface area contributed by atoms with Crippen LogP contribution >= 0.6 is 7.92 Å². The van der Waals surface area contributed by atoms with Gasteiger partial charge in [-0.3, -0.25) is 0 Å². The molecular weight excluding hydrogens is 445 g/mol. The van der Waals surface area contributed by atoms with Gasteiger partial charge in [-0.2, -0.15) is 0 Å². The minimum Gasteiger partial charge on any atom is -0.0622 e. The summed E-state index contributed by atoms with van der Waals surface area (Å²) in [6, 6.07) is 28.4. The van der Waals surface area contributed by atoms with Gasteiger partial charge >= 0.3 is 154 Å². The minimum absolute atomic E-state index is 0.0231. The summed E-state index contributed by atoms with van der Waals surface area (Å²) in [5.74, 6) is 0. The van der Waals surface area contributed by atoms with E-state index in [0.717, 1.165) is 22.3 Å². The molecule has 1 heterocycles. The molecule has 0 saturated carbocycles. The molecule has 0 spiro atoms. The molecule has 0 bridgehead atoms. The van der Waals surface area contributed by atoms with Crippen molar-refractivity contribution in [2.24, 2.45) is 0 Å². The summed E-state index contributed by atoms with van der Waals surface area (Å²) in [5.41, 5.74) is 7.25. The molecule has 0 unspecified atom stereocenters. The molecule has 176 valence electrons. The standard InChI is InChI=1S/C28H30NO4P/c30-34-16-15-24-13-7-8-14-25(24)20-33-28-26(21-31-18-22-9-3-1-4-10-22)29-17-27(28)32-19-23-11-5-2-6-12-23/h1-14,26-29H,15,17-21H2/t26-,27-,28-/m1/s1. The first-order valence-electron chi connectivity index (χ1n) is 11.6. The van der Waals surface area contributed by atoms with Crippen LogP contribution in [-0.2, 0) is 45.0 Å². The number of benzene rings is 3.